The average molecular weight is 410 g/mol. The van der Waals surface area contributed by atoms with E-state index in [1.54, 1.807) is 12.1 Å². The van der Waals surface area contributed by atoms with Crippen LogP contribution in [0, 0.1) is 10.1 Å². The van der Waals surface area contributed by atoms with Gasteiger partial charge in [0.2, 0.25) is 0 Å². The molecule has 1 aliphatic heterocycles. The quantitative estimate of drug-likeness (QED) is 0.190. The van der Waals surface area contributed by atoms with Crippen LogP contribution in [-0.2, 0) is 11.3 Å². The van der Waals surface area contributed by atoms with E-state index in [1.165, 1.54) is 12.1 Å². The third-order valence-corrected chi connectivity index (χ3v) is 5.13. The summed E-state index contributed by atoms with van der Waals surface area (Å²) in [6.45, 7) is 6.93. The molecule has 0 unspecified atom stereocenters. The predicted octanol–water partition coefficient (Wildman–Crippen LogP) is 2.11. The summed E-state index contributed by atoms with van der Waals surface area (Å²) < 4.78 is 5.38. The predicted molar refractivity (Wildman–Crippen MR) is 115 cm³/mol. The molecular formula is C19H31N5O3S. The summed E-state index contributed by atoms with van der Waals surface area (Å²) in [5.74, 6) is 1.90. The topological polar surface area (TPSA) is 92.0 Å². The van der Waals surface area contributed by atoms with Gasteiger partial charge in [0.05, 0.1) is 24.7 Å². The van der Waals surface area contributed by atoms with Crippen molar-refractivity contribution in [1.82, 2.24) is 15.5 Å². The van der Waals surface area contributed by atoms with Crippen molar-refractivity contribution in [3.05, 3.63) is 39.9 Å². The molecule has 2 N–H and O–H groups in total. The number of hydrogen-bond donors (Lipinski definition) is 2. The fourth-order valence-corrected chi connectivity index (χ4v) is 3.26. The van der Waals surface area contributed by atoms with Crippen molar-refractivity contribution < 1.29 is 9.66 Å². The number of ether oxygens (including phenoxy) is 1. The fourth-order valence-electron chi connectivity index (χ4n) is 2.83. The normalized spacial score (nSPS) is 15.4. The van der Waals surface area contributed by atoms with Crippen molar-refractivity contribution in [1.29, 1.82) is 0 Å². The van der Waals surface area contributed by atoms with Crippen LogP contribution in [0.1, 0.15) is 18.4 Å². The van der Waals surface area contributed by atoms with E-state index in [0.717, 1.165) is 76.1 Å². The monoisotopic (exact) mass is 409 g/mol. The summed E-state index contributed by atoms with van der Waals surface area (Å²) in [5, 5.41) is 17.5. The van der Waals surface area contributed by atoms with Gasteiger partial charge in [0.25, 0.3) is 5.69 Å². The van der Waals surface area contributed by atoms with Gasteiger partial charge in [0.1, 0.15) is 0 Å². The molecule has 0 atom stereocenters. The summed E-state index contributed by atoms with van der Waals surface area (Å²) >= 11 is 1.83. The van der Waals surface area contributed by atoms with Gasteiger partial charge in [-0.15, -0.1) is 0 Å². The first-order valence-electron chi connectivity index (χ1n) is 9.73. The van der Waals surface area contributed by atoms with Crippen LogP contribution >= 0.6 is 11.8 Å². The number of nitrogens with zero attached hydrogens (tertiary/aromatic N) is 3. The zero-order valence-corrected chi connectivity index (χ0v) is 17.4. The lowest BCUT2D eigenvalue weighted by Crippen LogP contribution is -2.41. The van der Waals surface area contributed by atoms with Crippen LogP contribution in [0.2, 0.25) is 0 Å². The lowest BCUT2D eigenvalue weighted by Gasteiger charge is -2.26. The number of hydrogen-bond acceptors (Lipinski definition) is 6. The zero-order chi connectivity index (χ0) is 20.0. The molecule has 0 radical (unpaired) electrons. The maximum Gasteiger partial charge on any atom is 0.269 e. The molecule has 0 bridgehead atoms. The van der Waals surface area contributed by atoms with E-state index < -0.39 is 0 Å². The lowest BCUT2D eigenvalue weighted by atomic mass is 10.2. The number of aliphatic imine (C=N–C) groups is 1. The van der Waals surface area contributed by atoms with Crippen molar-refractivity contribution in [2.75, 3.05) is 57.9 Å². The number of non-ortho nitro benzene ring substituents is 1. The first-order chi connectivity index (χ1) is 13.7. The Balaban J connectivity index is 1.80. The van der Waals surface area contributed by atoms with E-state index in [0.29, 0.717) is 6.54 Å². The van der Waals surface area contributed by atoms with Gasteiger partial charge in [-0.05, 0) is 37.0 Å². The molecule has 1 saturated heterocycles. The Morgan fingerprint density at radius 2 is 1.89 bits per heavy atom. The molecule has 2 rings (SSSR count). The van der Waals surface area contributed by atoms with Crippen molar-refractivity contribution in [2.45, 2.75) is 19.4 Å². The third kappa shape index (κ3) is 8.90. The average Bonchev–Trinajstić information content (AvgIpc) is 2.72. The molecule has 0 spiro atoms. The molecule has 0 amide bonds. The molecule has 1 heterocycles. The first-order valence-corrected chi connectivity index (χ1v) is 11.1. The summed E-state index contributed by atoms with van der Waals surface area (Å²) in [5.41, 5.74) is 1.05. The van der Waals surface area contributed by atoms with Gasteiger partial charge in [0.15, 0.2) is 5.96 Å². The minimum atomic E-state index is -0.387. The van der Waals surface area contributed by atoms with Crippen molar-refractivity contribution >= 4 is 23.4 Å². The Kier molecular flexibility index (Phi) is 10.7. The Morgan fingerprint density at radius 3 is 2.54 bits per heavy atom. The second kappa shape index (κ2) is 13.4. The molecule has 1 aromatic carbocycles. The van der Waals surface area contributed by atoms with Gasteiger partial charge in [-0.1, -0.05) is 12.1 Å². The van der Waals surface area contributed by atoms with Crippen molar-refractivity contribution in [3.63, 3.8) is 0 Å². The number of nitro benzene ring substituents is 1. The van der Waals surface area contributed by atoms with E-state index in [-0.39, 0.29) is 10.6 Å². The molecule has 9 heteroatoms. The molecule has 1 aromatic rings. The Morgan fingerprint density at radius 1 is 1.21 bits per heavy atom. The van der Waals surface area contributed by atoms with Crippen LogP contribution in [0.4, 0.5) is 5.69 Å². The van der Waals surface area contributed by atoms with Crippen LogP contribution in [0.15, 0.2) is 29.3 Å². The highest BCUT2D eigenvalue weighted by Gasteiger charge is 2.09. The second-order valence-corrected chi connectivity index (χ2v) is 7.58. The summed E-state index contributed by atoms with van der Waals surface area (Å²) in [6, 6.07) is 6.55. The van der Waals surface area contributed by atoms with Crippen molar-refractivity contribution in [3.8, 4) is 0 Å². The zero-order valence-electron chi connectivity index (χ0n) is 16.6. The van der Waals surface area contributed by atoms with Gasteiger partial charge in [-0.3, -0.25) is 15.0 Å². The highest BCUT2D eigenvalue weighted by atomic mass is 32.2. The number of thioether (sulfide) groups is 1. The molecule has 156 valence electrons. The van der Waals surface area contributed by atoms with Crippen LogP contribution in [0.25, 0.3) is 0 Å². The molecule has 0 aliphatic carbocycles. The number of rotatable bonds is 11. The van der Waals surface area contributed by atoms with Gasteiger partial charge in [0, 0.05) is 38.3 Å². The molecular weight excluding hydrogens is 378 g/mol. The molecule has 0 aromatic heterocycles. The fraction of sp³-hybridized carbons (Fsp3) is 0.632. The number of guanidine groups is 1. The molecule has 8 nitrogen and oxygen atoms in total. The number of benzene rings is 1. The number of nitrogens with one attached hydrogen (secondary N) is 2. The Labute approximate surface area is 171 Å². The van der Waals surface area contributed by atoms with Crippen LogP contribution in [-0.4, -0.2) is 73.7 Å². The largest absolute Gasteiger partial charge is 0.379 e. The summed E-state index contributed by atoms with van der Waals surface area (Å²) in [4.78, 5) is 17.4. The highest BCUT2D eigenvalue weighted by molar-refractivity contribution is 7.98. The lowest BCUT2D eigenvalue weighted by molar-refractivity contribution is -0.384. The molecule has 1 aliphatic rings. The van der Waals surface area contributed by atoms with Crippen LogP contribution in [0.5, 0.6) is 0 Å². The van der Waals surface area contributed by atoms with E-state index in [9.17, 15) is 10.1 Å². The van der Waals surface area contributed by atoms with E-state index in [2.05, 4.69) is 26.8 Å². The maximum atomic E-state index is 10.8. The smallest absolute Gasteiger partial charge is 0.269 e. The van der Waals surface area contributed by atoms with Gasteiger partial charge in [-0.2, -0.15) is 11.8 Å². The highest BCUT2D eigenvalue weighted by Crippen LogP contribution is 2.12. The van der Waals surface area contributed by atoms with E-state index in [4.69, 9.17) is 4.74 Å². The number of morpholine rings is 1. The maximum absolute atomic E-state index is 10.8. The second-order valence-electron chi connectivity index (χ2n) is 6.60. The van der Waals surface area contributed by atoms with Crippen molar-refractivity contribution in [2.24, 2.45) is 4.99 Å². The third-order valence-electron chi connectivity index (χ3n) is 4.43. The summed E-state index contributed by atoms with van der Waals surface area (Å²) in [7, 11) is 0. The van der Waals surface area contributed by atoms with Gasteiger partial charge < -0.3 is 15.4 Å². The minimum absolute atomic E-state index is 0.101. The van der Waals surface area contributed by atoms with E-state index >= 15 is 0 Å². The van der Waals surface area contributed by atoms with Crippen LogP contribution in [0.3, 0.4) is 0 Å². The molecule has 1 fully saturated rings. The minimum Gasteiger partial charge on any atom is -0.379 e. The van der Waals surface area contributed by atoms with Gasteiger partial charge in [-0.25, -0.2) is 4.99 Å². The molecule has 0 saturated carbocycles. The molecule has 28 heavy (non-hydrogen) atoms. The first kappa shape index (κ1) is 22.4. The SMILES string of the molecule is CSCCCNC(=NCc1ccc([N+](=O)[O-])cc1)NCCCN1CCOCC1. The summed E-state index contributed by atoms with van der Waals surface area (Å²) in [6.07, 6.45) is 4.23. The van der Waals surface area contributed by atoms with Crippen LogP contribution < -0.4 is 10.6 Å². The van der Waals surface area contributed by atoms with Gasteiger partial charge >= 0.3 is 0 Å². The Hall–Kier alpha value is -1.84. The standard InChI is InChI=1S/C19H31N5O3S/c1-28-15-3-9-21-19(20-8-2-10-23-11-13-27-14-12-23)22-16-17-4-6-18(7-5-17)24(25)26/h4-7H,2-3,8-16H2,1H3,(H2,20,21,22). The van der Waals surface area contributed by atoms with E-state index in [1.807, 2.05) is 11.8 Å². The number of nitro groups is 1. The Bertz CT molecular complexity index is 606.